The zero-order valence-corrected chi connectivity index (χ0v) is 47.6. The molecule has 0 aliphatic rings. The molecule has 0 amide bonds. The van der Waals surface area contributed by atoms with Crippen molar-refractivity contribution in [3.8, 4) is 17.2 Å². The van der Waals surface area contributed by atoms with Gasteiger partial charge in [0.05, 0.1) is 22.9 Å². The fraction of sp³-hybridized carbons (Fsp3) is 0.111. The molecule has 0 saturated heterocycles. The van der Waals surface area contributed by atoms with E-state index in [1.807, 2.05) is 0 Å². The third-order valence-electron chi connectivity index (χ3n) is 17.6. The molecule has 1 aromatic heterocycles. The minimum absolute atomic E-state index is 0.227. The first-order valence-corrected chi connectivity index (χ1v) is 29.8. The van der Waals surface area contributed by atoms with Crippen molar-refractivity contribution in [3.05, 3.63) is 388 Å². The molecular weight excluding hydrogens is 1030 g/mol. The lowest BCUT2D eigenvalue weighted by Crippen LogP contribution is -2.31. The van der Waals surface area contributed by atoms with E-state index >= 15 is 0 Å². The van der Waals surface area contributed by atoms with Crippen LogP contribution in [0.1, 0.15) is 92.4 Å². The summed E-state index contributed by atoms with van der Waals surface area (Å²) >= 11 is 0. The van der Waals surface area contributed by atoms with Gasteiger partial charge in [-0.1, -0.05) is 274 Å². The van der Waals surface area contributed by atoms with Crippen molar-refractivity contribution in [2.24, 2.45) is 0 Å². The highest BCUT2D eigenvalue weighted by molar-refractivity contribution is 6.09. The lowest BCUT2D eigenvalue weighted by molar-refractivity contribution is 0.304. The summed E-state index contributed by atoms with van der Waals surface area (Å²) in [6.07, 6.45) is 4.02. The largest absolute Gasteiger partial charge is 0.508 e. The summed E-state index contributed by atoms with van der Waals surface area (Å²) < 4.78 is 9.05. The van der Waals surface area contributed by atoms with Crippen LogP contribution in [0.3, 0.4) is 0 Å². The molecule has 0 unspecified atom stereocenters. The number of unbranched alkanes of at least 4 members (excludes halogenated alkanes) is 3. The summed E-state index contributed by atoms with van der Waals surface area (Å²) in [7, 11) is 0. The van der Waals surface area contributed by atoms with Gasteiger partial charge in [0, 0.05) is 28.4 Å². The summed E-state index contributed by atoms with van der Waals surface area (Å²) in [4.78, 5) is 0. The van der Waals surface area contributed by atoms with Gasteiger partial charge >= 0.3 is 0 Å². The van der Waals surface area contributed by atoms with Crippen LogP contribution >= 0.6 is 0 Å². The van der Waals surface area contributed by atoms with E-state index in [2.05, 4.69) is 302 Å². The molecule has 0 bridgehead atoms. The van der Waals surface area contributed by atoms with Gasteiger partial charge in [-0.2, -0.15) is 0 Å². The van der Waals surface area contributed by atoms with Gasteiger partial charge in [-0.15, -0.1) is 0 Å². The highest BCUT2D eigenvalue weighted by Crippen LogP contribution is 2.50. The molecule has 85 heavy (non-hydrogen) atoms. The van der Waals surface area contributed by atoms with Crippen LogP contribution < -0.4 is 4.74 Å². The lowest BCUT2D eigenvalue weighted by Gasteiger charge is -2.37. The van der Waals surface area contributed by atoms with E-state index in [1.165, 1.54) is 33.3 Å². The fourth-order valence-electron chi connectivity index (χ4n) is 13.8. The van der Waals surface area contributed by atoms with Crippen molar-refractivity contribution in [1.29, 1.82) is 0 Å². The van der Waals surface area contributed by atoms with E-state index in [0.29, 0.717) is 6.61 Å². The van der Waals surface area contributed by atoms with Crippen LogP contribution in [-0.2, 0) is 22.8 Å². The summed E-state index contributed by atoms with van der Waals surface area (Å²) in [5.41, 5.74) is 14.1. The number of phenolic OH excluding ortho intramolecular Hbond substituents is 2. The molecule has 414 valence electrons. The van der Waals surface area contributed by atoms with Gasteiger partial charge in [0.2, 0.25) is 0 Å². The average Bonchev–Trinajstić information content (AvgIpc) is 2.36. The molecule has 0 saturated carbocycles. The van der Waals surface area contributed by atoms with E-state index in [0.717, 1.165) is 93.3 Å². The van der Waals surface area contributed by atoms with Gasteiger partial charge in [0.1, 0.15) is 17.2 Å². The van der Waals surface area contributed by atoms with Crippen LogP contribution in [0.4, 0.5) is 0 Å². The molecule has 0 aliphatic heterocycles. The zero-order valence-electron chi connectivity index (χ0n) is 47.6. The molecule has 0 radical (unpaired) electrons. The molecule has 13 aromatic rings. The van der Waals surface area contributed by atoms with Gasteiger partial charge in [-0.3, -0.25) is 0 Å². The number of benzene rings is 12. The highest BCUT2D eigenvalue weighted by atomic mass is 16.5. The van der Waals surface area contributed by atoms with E-state index in [-0.39, 0.29) is 11.5 Å². The van der Waals surface area contributed by atoms with Crippen LogP contribution in [0, 0.1) is 0 Å². The minimum atomic E-state index is -0.735. The van der Waals surface area contributed by atoms with Crippen molar-refractivity contribution in [3.63, 3.8) is 0 Å². The SMILES string of the molecule is Oc1ccc(C(c2ccccc2)(c2ccccc2)c2ccc3c(c2)c2cc(C(c4ccccc4)(c4ccccc4)c4ccc(O)cc4)ccc2n3CCCCCCOc2ccc(C(c3ccccc3)(c3ccccc3)c3ccccc3)cc2)cc1. The van der Waals surface area contributed by atoms with Crippen LogP contribution in [0.2, 0.25) is 0 Å². The Kier molecular flexibility index (Phi) is 15.3. The molecule has 12 aromatic carbocycles. The maximum absolute atomic E-state index is 10.7. The molecule has 0 aliphatic carbocycles. The Hall–Kier alpha value is -10.2. The number of rotatable bonds is 20. The topological polar surface area (TPSA) is 54.6 Å². The molecule has 13 rings (SSSR count). The summed E-state index contributed by atoms with van der Waals surface area (Å²) in [6.45, 7) is 1.48. The number of phenols is 2. The molecule has 4 heteroatoms. The summed E-state index contributed by atoms with van der Waals surface area (Å²) in [5, 5.41) is 23.8. The minimum Gasteiger partial charge on any atom is -0.508 e. The van der Waals surface area contributed by atoms with Crippen molar-refractivity contribution in [1.82, 2.24) is 4.57 Å². The van der Waals surface area contributed by atoms with Gasteiger partial charge in [-0.25, -0.2) is 0 Å². The maximum atomic E-state index is 10.7. The Bertz CT molecular complexity index is 3920. The third kappa shape index (κ3) is 9.94. The first-order valence-electron chi connectivity index (χ1n) is 29.8. The van der Waals surface area contributed by atoms with E-state index < -0.39 is 16.2 Å². The monoisotopic (exact) mass is 1100 g/mol. The first kappa shape index (κ1) is 54.1. The quantitative estimate of drug-likeness (QED) is 0.0591. The number of aryl methyl sites for hydroxylation is 1. The number of nitrogens with zero attached hydrogens (tertiary/aromatic N) is 1. The van der Waals surface area contributed by atoms with Crippen molar-refractivity contribution >= 4 is 21.8 Å². The maximum Gasteiger partial charge on any atom is 0.119 e. The van der Waals surface area contributed by atoms with Crippen molar-refractivity contribution < 1.29 is 14.9 Å². The van der Waals surface area contributed by atoms with Gasteiger partial charge in [0.25, 0.3) is 0 Å². The first-order chi connectivity index (χ1) is 42.0. The second kappa shape index (κ2) is 24.0. The van der Waals surface area contributed by atoms with E-state index in [9.17, 15) is 10.2 Å². The number of aromatic nitrogens is 1. The molecule has 1 heterocycles. The van der Waals surface area contributed by atoms with Gasteiger partial charge in [0.15, 0.2) is 0 Å². The molecule has 0 atom stereocenters. The fourth-order valence-corrected chi connectivity index (χ4v) is 13.8. The number of aromatic hydroxyl groups is 2. The number of hydrogen-bond acceptors (Lipinski definition) is 3. The molecule has 0 spiro atoms. The number of ether oxygens (including phenoxy) is 1. The second-order valence-corrected chi connectivity index (χ2v) is 22.3. The van der Waals surface area contributed by atoms with Crippen LogP contribution in [0.15, 0.2) is 322 Å². The molecular formula is C81H67NO3. The smallest absolute Gasteiger partial charge is 0.119 e. The normalized spacial score (nSPS) is 11.9. The Balaban J connectivity index is 0.851. The Morgan fingerprint density at radius 3 is 0.835 bits per heavy atom. The van der Waals surface area contributed by atoms with Crippen molar-refractivity contribution in [2.45, 2.75) is 48.5 Å². The highest BCUT2D eigenvalue weighted by Gasteiger charge is 2.42. The Morgan fingerprint density at radius 1 is 0.259 bits per heavy atom. The molecule has 4 nitrogen and oxygen atoms in total. The molecule has 2 N–H and O–H groups in total. The zero-order chi connectivity index (χ0) is 57.5. The van der Waals surface area contributed by atoms with Gasteiger partial charge in [-0.05, 0) is 140 Å². The third-order valence-corrected chi connectivity index (χ3v) is 17.6. The average molecular weight is 1100 g/mol. The van der Waals surface area contributed by atoms with Crippen LogP contribution in [0.5, 0.6) is 17.2 Å². The van der Waals surface area contributed by atoms with E-state index in [4.69, 9.17) is 4.74 Å². The number of fused-ring (bicyclic) bond motifs is 3. The van der Waals surface area contributed by atoms with E-state index in [1.54, 1.807) is 24.3 Å². The van der Waals surface area contributed by atoms with Crippen molar-refractivity contribution in [2.75, 3.05) is 6.61 Å². The van der Waals surface area contributed by atoms with Gasteiger partial charge < -0.3 is 19.5 Å². The Morgan fingerprint density at radius 2 is 0.518 bits per heavy atom. The summed E-state index contributed by atoms with van der Waals surface area (Å²) in [6, 6.07) is 114. The van der Waals surface area contributed by atoms with Crippen LogP contribution in [0.25, 0.3) is 21.8 Å². The predicted octanol–water partition coefficient (Wildman–Crippen LogP) is 19.0. The number of hydrogen-bond donors (Lipinski definition) is 2. The Labute approximate surface area is 499 Å². The molecule has 0 fully saturated rings. The van der Waals surface area contributed by atoms with Crippen LogP contribution in [-0.4, -0.2) is 21.4 Å². The summed E-state index contributed by atoms with van der Waals surface area (Å²) in [5.74, 6) is 1.33. The lowest BCUT2D eigenvalue weighted by atomic mass is 9.64. The standard InChI is InChI=1S/C81H67NO3/c83-72-48-40-67(41-49-72)80(63-32-16-6-17-33-63,64-34-18-7-19-35-64)70-46-54-77-75(58-70)76-59-71(81(65-36-20-8-21-37-65,66-38-22-9-23-39-66)68-42-50-73(84)51-43-68)47-55-78(76)82(77)56-24-1-2-25-57-85-74-52-44-69(45-53-74)79(60-26-10-3-11-27-60,61-28-12-4-13-29-61)62-30-14-5-15-31-62/h3-23,26-55,58-59,83-84H,1-2,24-25,56-57H2. The second-order valence-electron chi connectivity index (χ2n) is 22.3. The predicted molar refractivity (Wildman–Crippen MR) is 348 cm³/mol.